The van der Waals surface area contributed by atoms with E-state index in [9.17, 15) is 14.4 Å². The minimum absolute atomic E-state index is 0.0933. The molecule has 3 rings (SSSR count). The van der Waals surface area contributed by atoms with Gasteiger partial charge in [0.1, 0.15) is 0 Å². The number of methoxy groups -OCH3 is 2. The lowest BCUT2D eigenvalue weighted by molar-refractivity contribution is 0.0587. The maximum atomic E-state index is 12.5. The first kappa shape index (κ1) is 20.7. The van der Waals surface area contributed by atoms with Crippen LogP contribution in [0.2, 0.25) is 0 Å². The van der Waals surface area contributed by atoms with Gasteiger partial charge in [-0.15, -0.1) is 0 Å². The number of aryl methyl sites for hydroxylation is 2. The molecule has 0 atom stereocenters. The molecular weight excluding hydrogens is 388 g/mol. The molecule has 0 fully saturated rings. The first-order chi connectivity index (χ1) is 14.3. The highest BCUT2D eigenvalue weighted by molar-refractivity contribution is 6.06. The number of ether oxygens (including phenoxy) is 2. The van der Waals surface area contributed by atoms with Crippen LogP contribution in [0, 0.1) is 13.8 Å². The Morgan fingerprint density at radius 1 is 0.800 bits per heavy atom. The Hall–Kier alpha value is -4.01. The van der Waals surface area contributed by atoms with Crippen LogP contribution in [0.5, 0.6) is 0 Å². The molecule has 3 aromatic rings. The average Bonchev–Trinajstić information content (AvgIpc) is 2.73. The number of hydrogen-bond acceptors (Lipinski definition) is 7. The van der Waals surface area contributed by atoms with E-state index in [2.05, 4.69) is 25.3 Å². The molecule has 2 N–H and O–H groups in total. The minimum Gasteiger partial charge on any atom is -0.465 e. The Bertz CT molecular complexity index is 1160. The van der Waals surface area contributed by atoms with Crippen molar-refractivity contribution in [2.75, 3.05) is 24.9 Å². The number of fused-ring (bicyclic) bond motifs is 1. The largest absolute Gasteiger partial charge is 0.465 e. The summed E-state index contributed by atoms with van der Waals surface area (Å²) < 4.78 is 9.41. The normalized spacial score (nSPS) is 10.4. The van der Waals surface area contributed by atoms with E-state index in [0.717, 1.165) is 11.4 Å². The van der Waals surface area contributed by atoms with Crippen molar-refractivity contribution in [3.63, 3.8) is 0 Å². The number of nitrogens with zero attached hydrogens (tertiary/aromatic N) is 2. The van der Waals surface area contributed by atoms with Crippen molar-refractivity contribution in [2.24, 2.45) is 0 Å². The number of urea groups is 1. The van der Waals surface area contributed by atoms with Crippen LogP contribution >= 0.6 is 0 Å². The molecule has 0 radical (unpaired) electrons. The van der Waals surface area contributed by atoms with Crippen LogP contribution in [0.3, 0.4) is 0 Å². The summed E-state index contributed by atoms with van der Waals surface area (Å²) >= 11 is 0. The molecule has 154 valence electrons. The van der Waals surface area contributed by atoms with Gasteiger partial charge in [0.25, 0.3) is 0 Å². The Morgan fingerprint density at radius 3 is 2.13 bits per heavy atom. The summed E-state index contributed by atoms with van der Waals surface area (Å²) in [5.74, 6) is -1.26. The summed E-state index contributed by atoms with van der Waals surface area (Å²) in [7, 11) is 2.46. The van der Waals surface area contributed by atoms with Gasteiger partial charge in [-0.2, -0.15) is 0 Å². The standard InChI is InChI=1S/C21H20N4O5/c1-11-12(2)23-18-10-14(6-8-16(18)22-11)24-21(28)25-17-9-13(19(26)29-3)5-7-15(17)20(27)30-4/h5-10H,1-4H3,(H2,24,25,28). The van der Waals surface area contributed by atoms with E-state index >= 15 is 0 Å². The van der Waals surface area contributed by atoms with Gasteiger partial charge in [0.2, 0.25) is 0 Å². The van der Waals surface area contributed by atoms with Gasteiger partial charge < -0.3 is 20.1 Å². The highest BCUT2D eigenvalue weighted by Gasteiger charge is 2.17. The molecule has 9 heteroatoms. The summed E-state index contributed by atoms with van der Waals surface area (Å²) in [5, 5.41) is 5.24. The maximum Gasteiger partial charge on any atom is 0.339 e. The predicted molar refractivity (Wildman–Crippen MR) is 111 cm³/mol. The summed E-state index contributed by atoms with van der Waals surface area (Å²) in [4.78, 5) is 45.2. The molecule has 0 bridgehead atoms. The van der Waals surface area contributed by atoms with Crippen LogP contribution in [0.4, 0.5) is 16.2 Å². The van der Waals surface area contributed by atoms with Gasteiger partial charge in [0.05, 0.1) is 53.5 Å². The molecule has 30 heavy (non-hydrogen) atoms. The second-order valence-corrected chi connectivity index (χ2v) is 6.42. The lowest BCUT2D eigenvalue weighted by atomic mass is 10.1. The van der Waals surface area contributed by atoms with Crippen molar-refractivity contribution in [3.8, 4) is 0 Å². The number of anilines is 2. The van der Waals surface area contributed by atoms with Crippen molar-refractivity contribution in [1.82, 2.24) is 9.97 Å². The Morgan fingerprint density at radius 2 is 1.47 bits per heavy atom. The molecule has 0 aliphatic carbocycles. The predicted octanol–water partition coefficient (Wildman–Crippen LogP) is 3.46. The SMILES string of the molecule is COC(=O)c1ccc(C(=O)OC)c(NC(=O)Nc2ccc3nc(C)c(C)nc3c2)c1. The molecule has 0 spiro atoms. The van der Waals surface area contributed by atoms with Crippen molar-refractivity contribution in [1.29, 1.82) is 0 Å². The molecular formula is C21H20N4O5. The smallest absolute Gasteiger partial charge is 0.339 e. The molecule has 0 saturated carbocycles. The number of carbonyl (C=O) groups is 3. The van der Waals surface area contributed by atoms with Crippen molar-refractivity contribution in [2.45, 2.75) is 13.8 Å². The van der Waals surface area contributed by atoms with E-state index in [4.69, 9.17) is 4.74 Å². The molecule has 0 aliphatic heterocycles. The monoisotopic (exact) mass is 408 g/mol. The fourth-order valence-electron chi connectivity index (χ4n) is 2.77. The number of carbonyl (C=O) groups excluding carboxylic acids is 3. The summed E-state index contributed by atoms with van der Waals surface area (Å²) in [5.41, 5.74) is 3.84. The second-order valence-electron chi connectivity index (χ2n) is 6.42. The molecule has 2 aromatic carbocycles. The van der Waals surface area contributed by atoms with Crippen molar-refractivity contribution >= 4 is 40.4 Å². The third-order valence-corrected chi connectivity index (χ3v) is 4.43. The Labute approximate surface area is 172 Å². The van der Waals surface area contributed by atoms with Gasteiger partial charge in [-0.3, -0.25) is 0 Å². The number of nitrogens with one attached hydrogen (secondary N) is 2. The Kier molecular flexibility index (Phi) is 5.91. The van der Waals surface area contributed by atoms with Crippen LogP contribution in [0.15, 0.2) is 36.4 Å². The summed E-state index contributed by atoms with van der Waals surface area (Å²) in [6, 6.07) is 8.66. The molecule has 0 unspecified atom stereocenters. The van der Waals surface area contributed by atoms with E-state index in [-0.39, 0.29) is 16.8 Å². The van der Waals surface area contributed by atoms with E-state index in [1.165, 1.54) is 32.4 Å². The quantitative estimate of drug-likeness (QED) is 0.634. The van der Waals surface area contributed by atoms with Crippen LogP contribution in [0.1, 0.15) is 32.1 Å². The molecule has 9 nitrogen and oxygen atoms in total. The van der Waals surface area contributed by atoms with Gasteiger partial charge in [0, 0.05) is 5.69 Å². The van der Waals surface area contributed by atoms with Crippen LogP contribution in [-0.2, 0) is 9.47 Å². The number of amides is 2. The number of aromatic nitrogens is 2. The fraction of sp³-hybridized carbons (Fsp3) is 0.190. The average molecular weight is 408 g/mol. The highest BCUT2D eigenvalue weighted by Crippen LogP contribution is 2.21. The van der Waals surface area contributed by atoms with Gasteiger partial charge >= 0.3 is 18.0 Å². The number of rotatable bonds is 4. The zero-order valence-corrected chi connectivity index (χ0v) is 16.9. The fourth-order valence-corrected chi connectivity index (χ4v) is 2.77. The van der Waals surface area contributed by atoms with Crippen LogP contribution in [-0.4, -0.2) is 42.2 Å². The third-order valence-electron chi connectivity index (χ3n) is 4.43. The molecule has 0 aliphatic rings. The molecule has 2 amide bonds. The molecule has 1 aromatic heterocycles. The van der Waals surface area contributed by atoms with Crippen molar-refractivity contribution in [3.05, 3.63) is 58.9 Å². The van der Waals surface area contributed by atoms with Crippen LogP contribution in [0.25, 0.3) is 11.0 Å². The molecule has 0 saturated heterocycles. The zero-order valence-electron chi connectivity index (χ0n) is 16.9. The lowest BCUT2D eigenvalue weighted by Gasteiger charge is -2.12. The molecule has 1 heterocycles. The minimum atomic E-state index is -0.659. The first-order valence-corrected chi connectivity index (χ1v) is 8.96. The third kappa shape index (κ3) is 4.35. The highest BCUT2D eigenvalue weighted by atomic mass is 16.5. The summed E-state index contributed by atoms with van der Waals surface area (Å²) in [6.07, 6.45) is 0. The van der Waals surface area contributed by atoms with Gasteiger partial charge in [-0.25, -0.2) is 24.4 Å². The van der Waals surface area contributed by atoms with Gasteiger partial charge in [-0.1, -0.05) is 0 Å². The number of benzene rings is 2. The number of hydrogen-bond donors (Lipinski definition) is 2. The van der Waals surface area contributed by atoms with Gasteiger partial charge in [-0.05, 0) is 50.2 Å². The van der Waals surface area contributed by atoms with E-state index in [1.54, 1.807) is 18.2 Å². The van der Waals surface area contributed by atoms with Gasteiger partial charge in [0.15, 0.2) is 0 Å². The van der Waals surface area contributed by atoms with Crippen molar-refractivity contribution < 1.29 is 23.9 Å². The summed E-state index contributed by atoms with van der Waals surface area (Å²) in [6.45, 7) is 3.74. The van der Waals surface area contributed by atoms with E-state index < -0.39 is 18.0 Å². The first-order valence-electron chi connectivity index (χ1n) is 8.96. The van der Waals surface area contributed by atoms with E-state index in [1.807, 2.05) is 13.8 Å². The Balaban J connectivity index is 1.86. The second kappa shape index (κ2) is 8.56. The van der Waals surface area contributed by atoms with Crippen LogP contribution < -0.4 is 10.6 Å². The maximum absolute atomic E-state index is 12.5. The zero-order chi connectivity index (χ0) is 21.8. The lowest BCUT2D eigenvalue weighted by Crippen LogP contribution is -2.21. The number of esters is 2. The topological polar surface area (TPSA) is 120 Å². The van der Waals surface area contributed by atoms with E-state index in [0.29, 0.717) is 16.7 Å².